The van der Waals surface area contributed by atoms with Crippen molar-refractivity contribution < 1.29 is 9.53 Å². The molecule has 0 aliphatic rings. The summed E-state index contributed by atoms with van der Waals surface area (Å²) in [5.41, 5.74) is 3.69. The van der Waals surface area contributed by atoms with E-state index in [1.165, 1.54) is 0 Å². The zero-order valence-corrected chi connectivity index (χ0v) is 14.8. The van der Waals surface area contributed by atoms with Crippen LogP contribution in [0.4, 0.5) is 0 Å². The monoisotopic (exact) mass is 337 g/mol. The number of nitrogens with zero attached hydrogens (tertiary/aromatic N) is 2. The number of para-hydroxylation sites is 2. The minimum atomic E-state index is -0.211. The number of methoxy groups -OCH3 is 1. The number of fused-ring (bicyclic) bond motifs is 1. The first kappa shape index (κ1) is 17.2. The highest BCUT2D eigenvalue weighted by Crippen LogP contribution is 2.21. The second kappa shape index (κ2) is 7.49. The van der Waals surface area contributed by atoms with E-state index in [0.717, 1.165) is 22.4 Å². The Morgan fingerprint density at radius 3 is 2.80 bits per heavy atom. The SMILES string of the molecule is COCCn1c(C(C)NC(=O)c2cccc(C)c2)nc2ccccc21. The number of aromatic nitrogens is 2. The summed E-state index contributed by atoms with van der Waals surface area (Å²) < 4.78 is 7.34. The van der Waals surface area contributed by atoms with E-state index in [1.54, 1.807) is 7.11 Å². The Hall–Kier alpha value is -2.66. The molecule has 1 heterocycles. The van der Waals surface area contributed by atoms with Crippen molar-refractivity contribution in [3.63, 3.8) is 0 Å². The van der Waals surface area contributed by atoms with Gasteiger partial charge in [0.15, 0.2) is 0 Å². The van der Waals surface area contributed by atoms with Crippen molar-refractivity contribution in [2.24, 2.45) is 0 Å². The van der Waals surface area contributed by atoms with Gasteiger partial charge in [-0.2, -0.15) is 0 Å². The summed E-state index contributed by atoms with van der Waals surface area (Å²) in [6, 6.07) is 15.3. The summed E-state index contributed by atoms with van der Waals surface area (Å²) in [4.78, 5) is 17.3. The van der Waals surface area contributed by atoms with Gasteiger partial charge >= 0.3 is 0 Å². The number of carbonyl (C=O) groups is 1. The van der Waals surface area contributed by atoms with Crippen LogP contribution in [-0.2, 0) is 11.3 Å². The summed E-state index contributed by atoms with van der Waals surface area (Å²) in [5, 5.41) is 3.05. The molecule has 0 saturated carbocycles. The average molecular weight is 337 g/mol. The molecule has 0 fully saturated rings. The summed E-state index contributed by atoms with van der Waals surface area (Å²) in [6.07, 6.45) is 0. The zero-order chi connectivity index (χ0) is 17.8. The maximum Gasteiger partial charge on any atom is 0.251 e. The van der Waals surface area contributed by atoms with Crippen LogP contribution in [0.15, 0.2) is 48.5 Å². The second-order valence-corrected chi connectivity index (χ2v) is 6.17. The van der Waals surface area contributed by atoms with Crippen molar-refractivity contribution in [1.82, 2.24) is 14.9 Å². The lowest BCUT2D eigenvalue weighted by atomic mass is 10.1. The van der Waals surface area contributed by atoms with Gasteiger partial charge in [-0.1, -0.05) is 29.8 Å². The van der Waals surface area contributed by atoms with Crippen molar-refractivity contribution in [2.75, 3.05) is 13.7 Å². The topological polar surface area (TPSA) is 56.1 Å². The van der Waals surface area contributed by atoms with E-state index in [0.29, 0.717) is 18.7 Å². The maximum atomic E-state index is 12.5. The Balaban J connectivity index is 1.88. The molecule has 0 aliphatic carbocycles. The van der Waals surface area contributed by atoms with Crippen LogP contribution in [0.5, 0.6) is 0 Å². The first-order valence-corrected chi connectivity index (χ1v) is 8.42. The molecule has 25 heavy (non-hydrogen) atoms. The summed E-state index contributed by atoms with van der Waals surface area (Å²) in [6.45, 7) is 5.21. The minimum absolute atomic E-state index is 0.0958. The molecule has 5 heteroatoms. The lowest BCUT2D eigenvalue weighted by Crippen LogP contribution is -2.29. The Kier molecular flexibility index (Phi) is 5.14. The van der Waals surface area contributed by atoms with Crippen LogP contribution in [-0.4, -0.2) is 29.2 Å². The van der Waals surface area contributed by atoms with Gasteiger partial charge in [0.25, 0.3) is 5.91 Å². The van der Waals surface area contributed by atoms with Crippen molar-refractivity contribution >= 4 is 16.9 Å². The molecular weight excluding hydrogens is 314 g/mol. The van der Waals surface area contributed by atoms with E-state index in [4.69, 9.17) is 9.72 Å². The highest BCUT2D eigenvalue weighted by Gasteiger charge is 2.19. The molecule has 0 aliphatic heterocycles. The van der Waals surface area contributed by atoms with Gasteiger partial charge in [0.1, 0.15) is 5.82 Å². The van der Waals surface area contributed by atoms with Crippen LogP contribution < -0.4 is 5.32 Å². The smallest absolute Gasteiger partial charge is 0.251 e. The Morgan fingerprint density at radius 1 is 1.24 bits per heavy atom. The largest absolute Gasteiger partial charge is 0.383 e. The standard InChI is InChI=1S/C20H23N3O2/c1-14-7-6-8-16(13-14)20(24)21-15(2)19-22-17-9-4-5-10-18(17)23(19)11-12-25-3/h4-10,13,15H,11-12H2,1-3H3,(H,21,24). The van der Waals surface area contributed by atoms with Gasteiger partial charge in [-0.25, -0.2) is 4.98 Å². The molecule has 5 nitrogen and oxygen atoms in total. The maximum absolute atomic E-state index is 12.5. The molecule has 3 rings (SSSR count). The predicted octanol–water partition coefficient (Wildman–Crippen LogP) is 3.48. The van der Waals surface area contributed by atoms with Gasteiger partial charge in [-0.15, -0.1) is 0 Å². The molecule has 1 aromatic heterocycles. The Bertz CT molecular complexity index is 886. The summed E-state index contributed by atoms with van der Waals surface area (Å²) in [5.74, 6) is 0.737. The summed E-state index contributed by atoms with van der Waals surface area (Å²) in [7, 11) is 1.68. The van der Waals surface area contributed by atoms with Crippen LogP contribution in [0.1, 0.15) is 34.7 Å². The average Bonchev–Trinajstić information content (AvgIpc) is 2.98. The van der Waals surface area contributed by atoms with Crippen molar-refractivity contribution in [1.29, 1.82) is 0 Å². The van der Waals surface area contributed by atoms with Crippen LogP contribution in [0.25, 0.3) is 11.0 Å². The molecule has 1 atom stereocenters. The molecule has 0 spiro atoms. The number of benzene rings is 2. The second-order valence-electron chi connectivity index (χ2n) is 6.17. The highest BCUT2D eigenvalue weighted by atomic mass is 16.5. The normalized spacial score (nSPS) is 12.3. The van der Waals surface area contributed by atoms with E-state index in [-0.39, 0.29) is 11.9 Å². The molecule has 1 N–H and O–H groups in total. The number of hydrogen-bond acceptors (Lipinski definition) is 3. The fourth-order valence-electron chi connectivity index (χ4n) is 2.97. The van der Waals surface area contributed by atoms with Gasteiger partial charge in [0, 0.05) is 19.2 Å². The number of hydrogen-bond donors (Lipinski definition) is 1. The number of rotatable bonds is 6. The van der Waals surface area contributed by atoms with E-state index in [2.05, 4.69) is 9.88 Å². The van der Waals surface area contributed by atoms with Crippen LogP contribution in [0.2, 0.25) is 0 Å². The lowest BCUT2D eigenvalue weighted by Gasteiger charge is -2.16. The first-order valence-electron chi connectivity index (χ1n) is 8.42. The minimum Gasteiger partial charge on any atom is -0.383 e. The molecule has 1 amide bonds. The fourth-order valence-corrected chi connectivity index (χ4v) is 2.97. The quantitative estimate of drug-likeness (QED) is 0.749. The molecular formula is C20H23N3O2. The predicted molar refractivity (Wildman–Crippen MR) is 98.7 cm³/mol. The number of amides is 1. The van der Waals surface area contributed by atoms with Crippen molar-refractivity contribution in [3.05, 3.63) is 65.5 Å². The molecule has 130 valence electrons. The lowest BCUT2D eigenvalue weighted by molar-refractivity contribution is 0.0937. The van der Waals surface area contributed by atoms with Gasteiger partial charge in [-0.3, -0.25) is 4.79 Å². The van der Waals surface area contributed by atoms with E-state index in [1.807, 2.05) is 62.4 Å². The summed E-state index contributed by atoms with van der Waals surface area (Å²) >= 11 is 0. The Labute approximate surface area is 147 Å². The number of nitrogens with one attached hydrogen (secondary N) is 1. The molecule has 1 unspecified atom stereocenters. The third-order valence-corrected chi connectivity index (χ3v) is 4.22. The van der Waals surface area contributed by atoms with Crippen molar-refractivity contribution in [2.45, 2.75) is 26.4 Å². The number of imidazole rings is 1. The third kappa shape index (κ3) is 3.72. The van der Waals surface area contributed by atoms with Gasteiger partial charge in [-0.05, 0) is 38.1 Å². The van der Waals surface area contributed by atoms with Crippen LogP contribution >= 0.6 is 0 Å². The highest BCUT2D eigenvalue weighted by molar-refractivity contribution is 5.94. The van der Waals surface area contributed by atoms with Gasteiger partial charge in [0.05, 0.1) is 23.7 Å². The third-order valence-electron chi connectivity index (χ3n) is 4.22. The molecule has 3 aromatic rings. The zero-order valence-electron chi connectivity index (χ0n) is 14.8. The number of aryl methyl sites for hydroxylation is 1. The molecule has 2 aromatic carbocycles. The van der Waals surface area contributed by atoms with E-state index in [9.17, 15) is 4.79 Å². The molecule has 0 bridgehead atoms. The number of carbonyl (C=O) groups excluding carboxylic acids is 1. The van der Waals surface area contributed by atoms with E-state index < -0.39 is 0 Å². The molecule has 0 saturated heterocycles. The Morgan fingerprint density at radius 2 is 2.04 bits per heavy atom. The van der Waals surface area contributed by atoms with E-state index >= 15 is 0 Å². The van der Waals surface area contributed by atoms with Gasteiger partial charge < -0.3 is 14.6 Å². The fraction of sp³-hybridized carbons (Fsp3) is 0.300. The van der Waals surface area contributed by atoms with Crippen molar-refractivity contribution in [3.8, 4) is 0 Å². The molecule has 0 radical (unpaired) electrons. The number of ether oxygens (including phenoxy) is 1. The van der Waals surface area contributed by atoms with Gasteiger partial charge in [0.2, 0.25) is 0 Å². The van der Waals surface area contributed by atoms with Crippen LogP contribution in [0.3, 0.4) is 0 Å². The first-order chi connectivity index (χ1) is 12.1. The van der Waals surface area contributed by atoms with Crippen LogP contribution in [0, 0.1) is 6.92 Å².